The summed E-state index contributed by atoms with van der Waals surface area (Å²) in [4.78, 5) is 11.7. The van der Waals surface area contributed by atoms with Gasteiger partial charge in [0.05, 0.1) is 20.3 Å². The molecule has 0 radical (unpaired) electrons. The number of amides is 1. The van der Waals surface area contributed by atoms with Gasteiger partial charge in [0.2, 0.25) is 5.91 Å². The molecule has 0 saturated heterocycles. The summed E-state index contributed by atoms with van der Waals surface area (Å²) < 4.78 is 10.2. The standard InChI is InChI=1S/C16H24N2O3/c1-20-8-7-17-16(19)11-18-14-5-3-12-4-6-15(21-2)10-13(12)9-14/h4,6,10,14,18H,3,5,7-9,11H2,1-2H3,(H,17,19). The Bertz CT molecular complexity index is 477. The van der Waals surface area contributed by atoms with Crippen LogP contribution in [0.5, 0.6) is 5.75 Å². The van der Waals surface area contributed by atoms with Gasteiger partial charge in [-0.3, -0.25) is 4.79 Å². The third-order valence-corrected chi connectivity index (χ3v) is 3.82. The van der Waals surface area contributed by atoms with Crippen molar-refractivity contribution in [2.45, 2.75) is 25.3 Å². The van der Waals surface area contributed by atoms with E-state index >= 15 is 0 Å². The van der Waals surface area contributed by atoms with E-state index in [0.29, 0.717) is 25.7 Å². The molecule has 0 fully saturated rings. The second-order valence-corrected chi connectivity index (χ2v) is 5.30. The van der Waals surface area contributed by atoms with E-state index in [1.807, 2.05) is 6.07 Å². The van der Waals surface area contributed by atoms with Gasteiger partial charge in [-0.25, -0.2) is 0 Å². The van der Waals surface area contributed by atoms with Crippen LogP contribution in [0.25, 0.3) is 0 Å². The molecule has 0 bridgehead atoms. The Morgan fingerprint density at radius 1 is 1.33 bits per heavy atom. The summed E-state index contributed by atoms with van der Waals surface area (Å²) in [6.07, 6.45) is 3.05. The minimum Gasteiger partial charge on any atom is -0.497 e. The van der Waals surface area contributed by atoms with Crippen LogP contribution in [-0.4, -0.2) is 45.9 Å². The molecule has 1 amide bonds. The van der Waals surface area contributed by atoms with Gasteiger partial charge in [0.1, 0.15) is 5.75 Å². The molecule has 21 heavy (non-hydrogen) atoms. The second-order valence-electron chi connectivity index (χ2n) is 5.30. The summed E-state index contributed by atoms with van der Waals surface area (Å²) >= 11 is 0. The zero-order valence-corrected chi connectivity index (χ0v) is 12.8. The topological polar surface area (TPSA) is 59.6 Å². The number of hydrogen-bond acceptors (Lipinski definition) is 4. The zero-order chi connectivity index (χ0) is 15.1. The van der Waals surface area contributed by atoms with Crippen molar-refractivity contribution in [2.24, 2.45) is 0 Å². The van der Waals surface area contributed by atoms with Gasteiger partial charge in [0.15, 0.2) is 0 Å². The number of fused-ring (bicyclic) bond motifs is 1. The third kappa shape index (κ3) is 4.72. The summed E-state index contributed by atoms with van der Waals surface area (Å²) in [6, 6.07) is 6.59. The molecule has 1 atom stereocenters. The van der Waals surface area contributed by atoms with Crippen LogP contribution in [-0.2, 0) is 22.4 Å². The van der Waals surface area contributed by atoms with Crippen molar-refractivity contribution in [3.63, 3.8) is 0 Å². The first-order chi connectivity index (χ1) is 10.2. The Labute approximate surface area is 126 Å². The highest BCUT2D eigenvalue weighted by Crippen LogP contribution is 2.25. The van der Waals surface area contributed by atoms with Crippen molar-refractivity contribution in [3.8, 4) is 5.75 Å². The van der Waals surface area contributed by atoms with E-state index in [9.17, 15) is 4.79 Å². The minimum atomic E-state index is 0.0171. The molecule has 1 aliphatic rings. The van der Waals surface area contributed by atoms with Gasteiger partial charge < -0.3 is 20.1 Å². The lowest BCUT2D eigenvalue weighted by Gasteiger charge is -2.25. The lowest BCUT2D eigenvalue weighted by molar-refractivity contribution is -0.120. The summed E-state index contributed by atoms with van der Waals surface area (Å²) in [5.41, 5.74) is 2.70. The highest BCUT2D eigenvalue weighted by molar-refractivity contribution is 5.78. The molecule has 1 aliphatic carbocycles. The quantitative estimate of drug-likeness (QED) is 0.733. The molecule has 1 aromatic rings. The average Bonchev–Trinajstić information content (AvgIpc) is 2.52. The summed E-state index contributed by atoms with van der Waals surface area (Å²) in [7, 11) is 3.31. The number of nitrogens with one attached hydrogen (secondary N) is 2. The minimum absolute atomic E-state index is 0.0171. The van der Waals surface area contributed by atoms with E-state index in [0.717, 1.165) is 25.0 Å². The maximum Gasteiger partial charge on any atom is 0.234 e. The fourth-order valence-corrected chi connectivity index (χ4v) is 2.63. The van der Waals surface area contributed by atoms with E-state index in [-0.39, 0.29) is 5.91 Å². The van der Waals surface area contributed by atoms with E-state index in [4.69, 9.17) is 9.47 Å². The van der Waals surface area contributed by atoms with Crippen molar-refractivity contribution < 1.29 is 14.3 Å². The highest BCUT2D eigenvalue weighted by Gasteiger charge is 2.19. The van der Waals surface area contributed by atoms with Crippen molar-refractivity contribution >= 4 is 5.91 Å². The maximum atomic E-state index is 11.7. The first-order valence-electron chi connectivity index (χ1n) is 7.37. The Morgan fingerprint density at radius 2 is 2.19 bits per heavy atom. The largest absolute Gasteiger partial charge is 0.497 e. The Morgan fingerprint density at radius 3 is 2.95 bits per heavy atom. The molecule has 5 nitrogen and oxygen atoms in total. The van der Waals surface area contributed by atoms with Crippen LogP contribution < -0.4 is 15.4 Å². The van der Waals surface area contributed by atoms with E-state index < -0.39 is 0 Å². The summed E-state index contributed by atoms with van der Waals surface area (Å²) in [5, 5.41) is 6.15. The molecule has 2 N–H and O–H groups in total. The molecule has 0 saturated carbocycles. The van der Waals surface area contributed by atoms with Gasteiger partial charge in [-0.1, -0.05) is 6.07 Å². The lowest BCUT2D eigenvalue weighted by Crippen LogP contribution is -2.42. The van der Waals surface area contributed by atoms with Crippen LogP contribution in [0.3, 0.4) is 0 Å². The van der Waals surface area contributed by atoms with E-state index in [1.54, 1.807) is 14.2 Å². The number of benzene rings is 1. The highest BCUT2D eigenvalue weighted by atomic mass is 16.5. The molecular formula is C16H24N2O3. The molecule has 1 aromatic carbocycles. The Hall–Kier alpha value is -1.59. The average molecular weight is 292 g/mol. The lowest BCUT2D eigenvalue weighted by atomic mass is 9.88. The van der Waals surface area contributed by atoms with Gasteiger partial charge in [-0.2, -0.15) is 0 Å². The zero-order valence-electron chi connectivity index (χ0n) is 12.8. The number of carbonyl (C=O) groups excluding carboxylic acids is 1. The maximum absolute atomic E-state index is 11.7. The number of rotatable bonds is 7. The van der Waals surface area contributed by atoms with Crippen molar-refractivity contribution in [1.82, 2.24) is 10.6 Å². The first-order valence-corrected chi connectivity index (χ1v) is 7.37. The number of hydrogen-bond donors (Lipinski definition) is 2. The molecule has 1 unspecified atom stereocenters. The number of carbonyl (C=O) groups is 1. The Balaban J connectivity index is 1.80. The normalized spacial score (nSPS) is 17.1. The van der Waals surface area contributed by atoms with Crippen molar-refractivity contribution in [3.05, 3.63) is 29.3 Å². The fourth-order valence-electron chi connectivity index (χ4n) is 2.63. The molecule has 0 spiro atoms. The van der Waals surface area contributed by atoms with Gasteiger partial charge >= 0.3 is 0 Å². The molecular weight excluding hydrogens is 268 g/mol. The molecule has 0 heterocycles. The molecule has 0 aliphatic heterocycles. The molecule has 0 aromatic heterocycles. The molecule has 5 heteroatoms. The van der Waals surface area contributed by atoms with E-state index in [2.05, 4.69) is 22.8 Å². The number of ether oxygens (including phenoxy) is 2. The van der Waals surface area contributed by atoms with Gasteiger partial charge in [-0.05, 0) is 42.5 Å². The number of methoxy groups -OCH3 is 2. The second kappa shape index (κ2) is 8.00. The predicted molar refractivity (Wildman–Crippen MR) is 81.7 cm³/mol. The van der Waals surface area contributed by atoms with Crippen molar-refractivity contribution in [1.29, 1.82) is 0 Å². The van der Waals surface area contributed by atoms with Gasteiger partial charge in [0.25, 0.3) is 0 Å². The molecule has 2 rings (SSSR count). The SMILES string of the molecule is COCCNC(=O)CNC1CCc2ccc(OC)cc2C1. The molecule has 116 valence electrons. The summed E-state index contributed by atoms with van der Waals surface area (Å²) in [6.45, 7) is 1.46. The third-order valence-electron chi connectivity index (χ3n) is 3.82. The van der Waals surface area contributed by atoms with Crippen LogP contribution in [0.2, 0.25) is 0 Å². The first kappa shape index (κ1) is 15.8. The van der Waals surface area contributed by atoms with Gasteiger partial charge in [-0.15, -0.1) is 0 Å². The van der Waals surface area contributed by atoms with Crippen molar-refractivity contribution in [2.75, 3.05) is 33.9 Å². The van der Waals surface area contributed by atoms with Crippen LogP contribution in [0, 0.1) is 0 Å². The number of aryl methyl sites for hydroxylation is 1. The van der Waals surface area contributed by atoms with Gasteiger partial charge in [0, 0.05) is 19.7 Å². The monoisotopic (exact) mass is 292 g/mol. The predicted octanol–water partition coefficient (Wildman–Crippen LogP) is 0.905. The summed E-state index contributed by atoms with van der Waals surface area (Å²) in [5.74, 6) is 0.912. The fraction of sp³-hybridized carbons (Fsp3) is 0.562. The smallest absolute Gasteiger partial charge is 0.234 e. The van der Waals surface area contributed by atoms with Crippen LogP contribution in [0.1, 0.15) is 17.5 Å². The van der Waals surface area contributed by atoms with Crippen LogP contribution in [0.15, 0.2) is 18.2 Å². The van der Waals surface area contributed by atoms with Crippen LogP contribution >= 0.6 is 0 Å². The van der Waals surface area contributed by atoms with E-state index in [1.165, 1.54) is 11.1 Å². The van der Waals surface area contributed by atoms with Crippen LogP contribution in [0.4, 0.5) is 0 Å². The Kier molecular flexibility index (Phi) is 6.02.